The first-order chi connectivity index (χ1) is 6.70. The van der Waals surface area contributed by atoms with Gasteiger partial charge >= 0.3 is 0 Å². The molecule has 1 saturated carbocycles. The maximum atomic E-state index is 10.2. The van der Waals surface area contributed by atoms with Crippen molar-refractivity contribution in [1.29, 1.82) is 0 Å². The van der Waals surface area contributed by atoms with Crippen molar-refractivity contribution in [3.05, 3.63) is 21.9 Å². The van der Waals surface area contributed by atoms with Gasteiger partial charge in [0.2, 0.25) is 6.20 Å². The van der Waals surface area contributed by atoms with Gasteiger partial charge in [-0.15, -0.1) is 0 Å². The molecule has 5 heteroatoms. The molecule has 0 N–H and O–H groups in total. The van der Waals surface area contributed by atoms with Crippen LogP contribution in [0.5, 0.6) is 0 Å². The van der Waals surface area contributed by atoms with E-state index in [1.165, 1.54) is 0 Å². The number of ether oxygens (including phenoxy) is 2. The number of nitro groups is 1. The monoisotopic (exact) mass is 199 g/mol. The quantitative estimate of drug-likeness (QED) is 0.474. The Morgan fingerprint density at radius 1 is 1.29 bits per heavy atom. The van der Waals surface area contributed by atoms with Crippen LogP contribution in [0.2, 0.25) is 0 Å². The topological polar surface area (TPSA) is 61.6 Å². The van der Waals surface area contributed by atoms with Crippen LogP contribution in [0.3, 0.4) is 0 Å². The normalized spacial score (nSPS) is 25.3. The largest absolute Gasteiger partial charge is 0.348 e. The van der Waals surface area contributed by atoms with Crippen molar-refractivity contribution in [2.45, 2.75) is 31.5 Å². The number of nitrogens with zero attached hydrogens (tertiary/aromatic N) is 1. The Morgan fingerprint density at radius 2 is 1.86 bits per heavy atom. The van der Waals surface area contributed by atoms with Crippen LogP contribution in [-0.4, -0.2) is 23.9 Å². The number of hydrogen-bond donors (Lipinski definition) is 0. The van der Waals surface area contributed by atoms with Gasteiger partial charge in [0.05, 0.1) is 18.1 Å². The van der Waals surface area contributed by atoms with Crippen molar-refractivity contribution in [2.75, 3.05) is 13.2 Å². The molecule has 1 spiro atoms. The van der Waals surface area contributed by atoms with Gasteiger partial charge in [-0.05, 0) is 12.8 Å². The molecule has 2 fully saturated rings. The molecule has 1 saturated heterocycles. The van der Waals surface area contributed by atoms with E-state index in [4.69, 9.17) is 9.47 Å². The van der Waals surface area contributed by atoms with Gasteiger partial charge < -0.3 is 9.47 Å². The Balaban J connectivity index is 1.94. The summed E-state index contributed by atoms with van der Waals surface area (Å²) < 4.78 is 11.0. The summed E-state index contributed by atoms with van der Waals surface area (Å²) in [5.74, 6) is -0.423. The summed E-state index contributed by atoms with van der Waals surface area (Å²) in [5, 5.41) is 10.2. The molecule has 0 aromatic rings. The van der Waals surface area contributed by atoms with Crippen LogP contribution >= 0.6 is 0 Å². The van der Waals surface area contributed by atoms with Crippen LogP contribution in [0.1, 0.15) is 25.7 Å². The predicted molar refractivity (Wildman–Crippen MR) is 48.2 cm³/mol. The molecule has 0 bridgehead atoms. The van der Waals surface area contributed by atoms with Crippen LogP contribution in [-0.2, 0) is 9.47 Å². The van der Waals surface area contributed by atoms with Gasteiger partial charge in [-0.25, -0.2) is 0 Å². The summed E-state index contributed by atoms with van der Waals surface area (Å²) in [6, 6.07) is 0. The lowest BCUT2D eigenvalue weighted by atomic mass is 9.90. The van der Waals surface area contributed by atoms with E-state index in [2.05, 4.69) is 0 Å². The third kappa shape index (κ3) is 1.93. The fraction of sp³-hybridized carbons (Fsp3) is 0.778. The van der Waals surface area contributed by atoms with Gasteiger partial charge in [-0.3, -0.25) is 10.1 Å². The first-order valence-electron chi connectivity index (χ1n) is 4.81. The second-order valence-electron chi connectivity index (χ2n) is 3.68. The van der Waals surface area contributed by atoms with Crippen molar-refractivity contribution in [3.8, 4) is 0 Å². The van der Waals surface area contributed by atoms with E-state index in [1.807, 2.05) is 0 Å². The Bertz CT molecular complexity index is 256. The molecule has 2 rings (SSSR count). The standard InChI is InChI=1S/C9H13NO4/c11-10(12)7-8-1-3-9(4-2-8)13-5-6-14-9/h7H,1-6H2. The SMILES string of the molecule is O=[N+]([O-])C=C1CCC2(CC1)OCCO2. The molecule has 0 unspecified atom stereocenters. The highest BCUT2D eigenvalue weighted by molar-refractivity contribution is 5.04. The zero-order chi connectivity index (χ0) is 10.0. The molecule has 1 heterocycles. The van der Waals surface area contributed by atoms with Gasteiger partial charge in [0, 0.05) is 18.4 Å². The highest BCUT2D eigenvalue weighted by atomic mass is 16.7. The van der Waals surface area contributed by atoms with Crippen LogP contribution < -0.4 is 0 Å². The Kier molecular flexibility index (Phi) is 2.52. The molecule has 14 heavy (non-hydrogen) atoms. The second kappa shape index (κ2) is 3.67. The van der Waals surface area contributed by atoms with Crippen molar-refractivity contribution in [1.82, 2.24) is 0 Å². The van der Waals surface area contributed by atoms with E-state index < -0.39 is 5.79 Å². The minimum atomic E-state index is -0.423. The average Bonchev–Trinajstić information content (AvgIpc) is 2.58. The van der Waals surface area contributed by atoms with Gasteiger partial charge in [0.1, 0.15) is 0 Å². The van der Waals surface area contributed by atoms with E-state index in [0.29, 0.717) is 26.1 Å². The van der Waals surface area contributed by atoms with E-state index in [9.17, 15) is 10.1 Å². The molecular weight excluding hydrogens is 186 g/mol. The number of rotatable bonds is 1. The molecule has 0 aromatic heterocycles. The minimum absolute atomic E-state index is 0.385. The third-order valence-corrected chi connectivity index (χ3v) is 2.76. The highest BCUT2D eigenvalue weighted by Gasteiger charge is 2.39. The second-order valence-corrected chi connectivity index (χ2v) is 3.68. The van der Waals surface area contributed by atoms with E-state index in [1.54, 1.807) is 0 Å². The average molecular weight is 199 g/mol. The molecule has 0 aromatic carbocycles. The lowest BCUT2D eigenvalue weighted by Gasteiger charge is -2.31. The maximum absolute atomic E-state index is 10.2. The van der Waals surface area contributed by atoms with Crippen molar-refractivity contribution in [2.24, 2.45) is 0 Å². The summed E-state index contributed by atoms with van der Waals surface area (Å²) in [4.78, 5) is 9.86. The van der Waals surface area contributed by atoms with Crippen LogP contribution in [0.4, 0.5) is 0 Å². The summed E-state index contributed by atoms with van der Waals surface area (Å²) in [6.45, 7) is 1.29. The summed E-state index contributed by atoms with van der Waals surface area (Å²) in [7, 11) is 0. The van der Waals surface area contributed by atoms with Crippen molar-refractivity contribution in [3.63, 3.8) is 0 Å². The molecule has 78 valence electrons. The van der Waals surface area contributed by atoms with Crippen LogP contribution in [0, 0.1) is 10.1 Å². The Labute approximate surface area is 81.8 Å². The minimum Gasteiger partial charge on any atom is -0.348 e. The zero-order valence-corrected chi connectivity index (χ0v) is 7.90. The maximum Gasteiger partial charge on any atom is 0.233 e. The molecule has 0 atom stereocenters. The first kappa shape index (κ1) is 9.61. The molecule has 5 nitrogen and oxygen atoms in total. The predicted octanol–water partition coefficient (Wildman–Crippen LogP) is 1.46. The van der Waals surface area contributed by atoms with Gasteiger partial charge in [0.25, 0.3) is 0 Å². The lowest BCUT2D eigenvalue weighted by molar-refractivity contribution is -0.404. The third-order valence-electron chi connectivity index (χ3n) is 2.76. The Hall–Kier alpha value is -0.940. The summed E-state index contributed by atoms with van der Waals surface area (Å²) in [6.07, 6.45) is 4.02. The van der Waals surface area contributed by atoms with Crippen molar-refractivity contribution < 1.29 is 14.4 Å². The van der Waals surface area contributed by atoms with Gasteiger partial charge in [-0.1, -0.05) is 0 Å². The molecular formula is C9H13NO4. The molecule has 0 radical (unpaired) electrons. The van der Waals surface area contributed by atoms with E-state index in [-0.39, 0.29) is 4.92 Å². The van der Waals surface area contributed by atoms with E-state index in [0.717, 1.165) is 24.6 Å². The zero-order valence-electron chi connectivity index (χ0n) is 7.90. The van der Waals surface area contributed by atoms with Gasteiger partial charge in [0.15, 0.2) is 5.79 Å². The van der Waals surface area contributed by atoms with Crippen LogP contribution in [0.15, 0.2) is 11.8 Å². The fourth-order valence-corrected chi connectivity index (χ4v) is 2.02. The molecule has 2 aliphatic rings. The molecule has 0 amide bonds. The summed E-state index contributed by atoms with van der Waals surface area (Å²) >= 11 is 0. The molecule has 1 aliphatic heterocycles. The summed E-state index contributed by atoms with van der Waals surface area (Å²) in [5.41, 5.74) is 0.889. The number of allylic oxidation sites excluding steroid dienone is 1. The highest BCUT2D eigenvalue weighted by Crippen LogP contribution is 2.37. The van der Waals surface area contributed by atoms with Crippen molar-refractivity contribution >= 4 is 0 Å². The first-order valence-corrected chi connectivity index (χ1v) is 4.81. The van der Waals surface area contributed by atoms with Gasteiger partial charge in [-0.2, -0.15) is 0 Å². The lowest BCUT2D eigenvalue weighted by Crippen LogP contribution is -2.33. The number of hydrogen-bond acceptors (Lipinski definition) is 4. The fourth-order valence-electron chi connectivity index (χ4n) is 2.02. The van der Waals surface area contributed by atoms with E-state index >= 15 is 0 Å². The smallest absolute Gasteiger partial charge is 0.233 e. The van der Waals surface area contributed by atoms with Crippen LogP contribution in [0.25, 0.3) is 0 Å². The Morgan fingerprint density at radius 3 is 2.36 bits per heavy atom. The molecule has 1 aliphatic carbocycles.